The zero-order valence-electron chi connectivity index (χ0n) is 14.8. The molecule has 2 unspecified atom stereocenters. The highest BCUT2D eigenvalue weighted by molar-refractivity contribution is 5.85. The second kappa shape index (κ2) is 7.32. The lowest BCUT2D eigenvalue weighted by Gasteiger charge is -2.19. The van der Waals surface area contributed by atoms with E-state index in [9.17, 15) is 9.90 Å². The first kappa shape index (κ1) is 18.4. The van der Waals surface area contributed by atoms with Crippen LogP contribution in [0.15, 0.2) is 23.2 Å². The Morgan fingerprint density at radius 1 is 1.46 bits per heavy atom. The maximum absolute atomic E-state index is 11.6. The molecule has 24 heavy (non-hydrogen) atoms. The molecule has 0 aromatic heterocycles. The summed E-state index contributed by atoms with van der Waals surface area (Å²) in [6.07, 6.45) is -0.292. The van der Waals surface area contributed by atoms with E-state index in [0.717, 1.165) is 22.6 Å². The van der Waals surface area contributed by atoms with Crippen molar-refractivity contribution in [2.24, 2.45) is 10.7 Å². The van der Waals surface area contributed by atoms with Gasteiger partial charge in [0.2, 0.25) is 5.91 Å². The van der Waals surface area contributed by atoms with Crippen LogP contribution in [0.4, 0.5) is 5.69 Å². The molecule has 0 fully saturated rings. The molecule has 1 aliphatic carbocycles. The monoisotopic (exact) mass is 333 g/mol. The van der Waals surface area contributed by atoms with Crippen molar-refractivity contribution in [2.75, 3.05) is 13.2 Å². The van der Waals surface area contributed by atoms with Crippen LogP contribution in [0.3, 0.4) is 0 Å². The molecule has 0 radical (unpaired) electrons. The molecule has 1 aromatic carbocycles. The number of aliphatic imine (C=N–C) groups is 1. The normalized spacial score (nSPS) is 20.8. The number of nitrogens with zero attached hydrogens (tertiary/aromatic N) is 1. The van der Waals surface area contributed by atoms with E-state index in [-0.39, 0.29) is 5.60 Å². The number of nitrogens with one attached hydrogen (secondary N) is 1. The van der Waals surface area contributed by atoms with Gasteiger partial charge in [-0.25, -0.2) is 4.99 Å². The van der Waals surface area contributed by atoms with E-state index >= 15 is 0 Å². The highest BCUT2D eigenvalue weighted by Crippen LogP contribution is 2.35. The summed E-state index contributed by atoms with van der Waals surface area (Å²) in [5, 5.41) is 13.2. The molecule has 1 amide bonds. The van der Waals surface area contributed by atoms with Crippen LogP contribution in [-0.4, -0.2) is 41.7 Å². The summed E-state index contributed by atoms with van der Waals surface area (Å²) in [4.78, 5) is 16.1. The van der Waals surface area contributed by atoms with Crippen molar-refractivity contribution in [2.45, 2.75) is 51.7 Å². The summed E-state index contributed by atoms with van der Waals surface area (Å²) in [5.41, 5.74) is 7.72. The Balaban J connectivity index is 2.02. The van der Waals surface area contributed by atoms with Gasteiger partial charge in [0.1, 0.15) is 0 Å². The van der Waals surface area contributed by atoms with Gasteiger partial charge in [-0.05, 0) is 57.4 Å². The zero-order valence-corrected chi connectivity index (χ0v) is 14.8. The number of hydrogen-bond acceptors (Lipinski definition) is 4. The third kappa shape index (κ3) is 4.79. The molecule has 1 aromatic rings. The number of amides is 1. The first-order valence-corrected chi connectivity index (χ1v) is 8.21. The lowest BCUT2D eigenvalue weighted by Crippen LogP contribution is -2.29. The van der Waals surface area contributed by atoms with E-state index in [1.165, 1.54) is 0 Å². The standard InChI is InChI=1S/C18H27N3O3/c1-11(20-7-8-24-18(2,3)4)21-13-6-5-12-9-15(22)16(17(19)23)14(12)10-13/h5-6,10,15-16,22H,7-9H2,1-4H3,(H2,19,23)(H,20,21). The molecule has 0 spiro atoms. The molecular formula is C18H27N3O3. The van der Waals surface area contributed by atoms with Crippen LogP contribution >= 0.6 is 0 Å². The Morgan fingerprint density at radius 2 is 2.17 bits per heavy atom. The highest BCUT2D eigenvalue weighted by Gasteiger charge is 2.35. The van der Waals surface area contributed by atoms with Crippen molar-refractivity contribution >= 4 is 17.4 Å². The van der Waals surface area contributed by atoms with E-state index in [2.05, 4.69) is 10.3 Å². The van der Waals surface area contributed by atoms with E-state index in [0.29, 0.717) is 19.6 Å². The number of ether oxygens (including phenoxy) is 1. The van der Waals surface area contributed by atoms with Crippen molar-refractivity contribution in [1.82, 2.24) is 5.32 Å². The molecule has 1 aliphatic rings. The molecule has 2 atom stereocenters. The molecule has 132 valence electrons. The van der Waals surface area contributed by atoms with Gasteiger partial charge in [0, 0.05) is 6.54 Å². The molecule has 0 saturated carbocycles. The predicted molar refractivity (Wildman–Crippen MR) is 94.6 cm³/mol. The van der Waals surface area contributed by atoms with E-state index in [1.807, 2.05) is 45.9 Å². The van der Waals surface area contributed by atoms with Gasteiger partial charge in [-0.1, -0.05) is 6.07 Å². The smallest absolute Gasteiger partial charge is 0.227 e. The van der Waals surface area contributed by atoms with E-state index in [4.69, 9.17) is 10.5 Å². The lowest BCUT2D eigenvalue weighted by atomic mass is 9.99. The number of hydrogen-bond donors (Lipinski definition) is 3. The van der Waals surface area contributed by atoms with Crippen LogP contribution in [0.2, 0.25) is 0 Å². The fourth-order valence-electron chi connectivity index (χ4n) is 2.84. The van der Waals surface area contributed by atoms with Crippen molar-refractivity contribution in [1.29, 1.82) is 0 Å². The molecule has 0 bridgehead atoms. The first-order valence-electron chi connectivity index (χ1n) is 8.21. The third-order valence-corrected chi connectivity index (χ3v) is 3.90. The minimum absolute atomic E-state index is 0.155. The van der Waals surface area contributed by atoms with E-state index in [1.54, 1.807) is 0 Å². The summed E-state index contributed by atoms with van der Waals surface area (Å²) >= 11 is 0. The van der Waals surface area contributed by atoms with Gasteiger partial charge in [-0.15, -0.1) is 0 Å². The maximum Gasteiger partial charge on any atom is 0.227 e. The largest absolute Gasteiger partial charge is 0.392 e. The van der Waals surface area contributed by atoms with Crippen molar-refractivity contribution < 1.29 is 14.6 Å². The number of aliphatic hydroxyl groups excluding tert-OH is 1. The number of fused-ring (bicyclic) bond motifs is 1. The average Bonchev–Trinajstić information content (AvgIpc) is 2.78. The Bertz CT molecular complexity index is 635. The number of carbonyl (C=O) groups is 1. The highest BCUT2D eigenvalue weighted by atomic mass is 16.5. The van der Waals surface area contributed by atoms with E-state index < -0.39 is 17.9 Å². The number of rotatable bonds is 5. The van der Waals surface area contributed by atoms with Crippen LogP contribution in [0.1, 0.15) is 44.7 Å². The number of benzene rings is 1. The van der Waals surface area contributed by atoms with Crippen LogP contribution in [0.25, 0.3) is 0 Å². The maximum atomic E-state index is 11.6. The first-order chi connectivity index (χ1) is 11.2. The lowest BCUT2D eigenvalue weighted by molar-refractivity contribution is -0.121. The van der Waals surface area contributed by atoms with Crippen LogP contribution < -0.4 is 11.1 Å². The summed E-state index contributed by atoms with van der Waals surface area (Å²) in [5.74, 6) is -0.387. The Kier molecular flexibility index (Phi) is 5.62. The summed E-state index contributed by atoms with van der Waals surface area (Å²) in [6.45, 7) is 9.19. The van der Waals surface area contributed by atoms with Crippen LogP contribution in [0, 0.1) is 0 Å². The molecule has 6 heteroatoms. The molecule has 0 saturated heterocycles. The number of nitrogens with two attached hydrogens (primary N) is 1. The summed E-state index contributed by atoms with van der Waals surface area (Å²) in [6, 6.07) is 5.61. The van der Waals surface area contributed by atoms with Crippen LogP contribution in [0.5, 0.6) is 0 Å². The number of carbonyl (C=O) groups excluding carboxylic acids is 1. The molecule has 2 rings (SSSR count). The molecular weight excluding hydrogens is 306 g/mol. The minimum Gasteiger partial charge on any atom is -0.392 e. The quantitative estimate of drug-likeness (QED) is 0.433. The number of aliphatic hydroxyl groups is 1. The van der Waals surface area contributed by atoms with Gasteiger partial charge in [-0.2, -0.15) is 0 Å². The molecule has 0 aliphatic heterocycles. The SMILES string of the molecule is CC(=Nc1ccc2c(c1)C(C(N)=O)C(O)C2)NCCOC(C)(C)C. The second-order valence-electron chi connectivity index (χ2n) is 7.12. The second-order valence-corrected chi connectivity index (χ2v) is 7.12. The Morgan fingerprint density at radius 3 is 2.79 bits per heavy atom. The molecule has 0 heterocycles. The zero-order chi connectivity index (χ0) is 17.9. The molecule has 4 N–H and O–H groups in total. The third-order valence-electron chi connectivity index (χ3n) is 3.90. The molecule has 6 nitrogen and oxygen atoms in total. The fraction of sp³-hybridized carbons (Fsp3) is 0.556. The van der Waals surface area contributed by atoms with Gasteiger partial charge in [0.15, 0.2) is 0 Å². The summed E-state index contributed by atoms with van der Waals surface area (Å²) in [7, 11) is 0. The Labute approximate surface area is 143 Å². The number of amidine groups is 1. The fourth-order valence-corrected chi connectivity index (χ4v) is 2.84. The predicted octanol–water partition coefficient (Wildman–Crippen LogP) is 1.63. The van der Waals surface area contributed by atoms with Gasteiger partial charge < -0.3 is 20.9 Å². The minimum atomic E-state index is -0.745. The van der Waals surface area contributed by atoms with Gasteiger partial charge in [0.05, 0.1) is 35.8 Å². The van der Waals surface area contributed by atoms with Gasteiger partial charge in [-0.3, -0.25) is 4.79 Å². The Hall–Kier alpha value is -1.92. The van der Waals surface area contributed by atoms with Gasteiger partial charge >= 0.3 is 0 Å². The van der Waals surface area contributed by atoms with Crippen LogP contribution in [-0.2, 0) is 16.0 Å². The van der Waals surface area contributed by atoms with Crippen molar-refractivity contribution in [3.8, 4) is 0 Å². The number of primary amides is 1. The van der Waals surface area contributed by atoms with Crippen molar-refractivity contribution in [3.05, 3.63) is 29.3 Å². The topological polar surface area (TPSA) is 96.9 Å². The van der Waals surface area contributed by atoms with Crippen molar-refractivity contribution in [3.63, 3.8) is 0 Å². The van der Waals surface area contributed by atoms with Gasteiger partial charge in [0.25, 0.3) is 0 Å². The average molecular weight is 333 g/mol. The summed E-state index contributed by atoms with van der Waals surface area (Å²) < 4.78 is 5.65.